The Kier molecular flexibility index (Phi) is 4.38. The van der Waals surface area contributed by atoms with Gasteiger partial charge in [0.15, 0.2) is 0 Å². The van der Waals surface area contributed by atoms with Crippen molar-refractivity contribution in [3.63, 3.8) is 0 Å². The zero-order chi connectivity index (χ0) is 19.0. The second kappa shape index (κ2) is 6.72. The molecule has 2 aromatic rings. The molecule has 5 nitrogen and oxygen atoms in total. The van der Waals surface area contributed by atoms with E-state index in [2.05, 4.69) is 20.9 Å². The molecule has 8 heteroatoms. The summed E-state index contributed by atoms with van der Waals surface area (Å²) in [5.41, 5.74) is -0.209. The maximum Gasteiger partial charge on any atom is 0.417 e. The van der Waals surface area contributed by atoms with Crippen molar-refractivity contribution in [2.75, 3.05) is 29.4 Å². The summed E-state index contributed by atoms with van der Waals surface area (Å²) < 4.78 is 38.2. The quantitative estimate of drug-likeness (QED) is 0.807. The van der Waals surface area contributed by atoms with Crippen LogP contribution in [0, 0.1) is 17.2 Å². The zero-order valence-corrected chi connectivity index (χ0v) is 14.5. The van der Waals surface area contributed by atoms with Gasteiger partial charge in [-0.15, -0.1) is 0 Å². The standard InChI is InChI=1S/C19H18F3N5/c20-19(21,22)15-2-4-17(25-11-15)26-7-5-14-6-8-27(16(14)12-26)18-3-1-13(9-23)10-24-18/h1-4,10-11,14,16H,5-8,12H2. The van der Waals surface area contributed by atoms with E-state index in [0.717, 1.165) is 44.0 Å². The topological polar surface area (TPSA) is 56.1 Å². The van der Waals surface area contributed by atoms with Crippen LogP contribution >= 0.6 is 0 Å². The minimum atomic E-state index is -4.37. The van der Waals surface area contributed by atoms with E-state index in [1.807, 2.05) is 11.0 Å². The monoisotopic (exact) mass is 373 g/mol. The lowest BCUT2D eigenvalue weighted by atomic mass is 9.92. The molecule has 2 saturated heterocycles. The van der Waals surface area contributed by atoms with Gasteiger partial charge in [0, 0.05) is 32.0 Å². The van der Waals surface area contributed by atoms with Crippen molar-refractivity contribution in [3.8, 4) is 6.07 Å². The highest BCUT2D eigenvalue weighted by atomic mass is 19.4. The van der Waals surface area contributed by atoms with Crippen LogP contribution in [-0.4, -0.2) is 35.6 Å². The number of piperidine rings is 1. The van der Waals surface area contributed by atoms with E-state index >= 15 is 0 Å². The Morgan fingerprint density at radius 3 is 2.37 bits per heavy atom. The molecule has 140 valence electrons. The van der Waals surface area contributed by atoms with Gasteiger partial charge >= 0.3 is 6.18 Å². The summed E-state index contributed by atoms with van der Waals surface area (Å²) in [5.74, 6) is 1.94. The van der Waals surface area contributed by atoms with Crippen LogP contribution in [-0.2, 0) is 6.18 Å². The van der Waals surface area contributed by atoms with E-state index in [1.165, 1.54) is 6.07 Å². The fourth-order valence-corrected chi connectivity index (χ4v) is 4.00. The SMILES string of the molecule is N#Cc1ccc(N2CCC3CCN(c4ccc(C(F)(F)F)cn4)CC32)nc1. The van der Waals surface area contributed by atoms with Crippen LogP contribution in [0.5, 0.6) is 0 Å². The number of nitrogens with zero attached hydrogens (tertiary/aromatic N) is 5. The Hall–Kier alpha value is -2.82. The number of pyridine rings is 2. The first-order valence-electron chi connectivity index (χ1n) is 8.87. The first-order chi connectivity index (χ1) is 13.0. The lowest BCUT2D eigenvalue weighted by Gasteiger charge is -2.39. The third kappa shape index (κ3) is 3.42. The molecule has 0 bridgehead atoms. The number of halogens is 3. The van der Waals surface area contributed by atoms with Crippen molar-refractivity contribution in [3.05, 3.63) is 47.8 Å². The maximum atomic E-state index is 12.7. The minimum absolute atomic E-state index is 0.239. The molecular formula is C19H18F3N5. The summed E-state index contributed by atoms with van der Waals surface area (Å²) in [7, 11) is 0. The molecule has 2 aliphatic rings. The van der Waals surface area contributed by atoms with Crippen molar-refractivity contribution in [1.29, 1.82) is 5.26 Å². The average molecular weight is 373 g/mol. The summed E-state index contributed by atoms with van der Waals surface area (Å²) >= 11 is 0. The summed E-state index contributed by atoms with van der Waals surface area (Å²) in [5, 5.41) is 8.92. The highest BCUT2D eigenvalue weighted by Crippen LogP contribution is 2.36. The second-order valence-corrected chi connectivity index (χ2v) is 6.96. The van der Waals surface area contributed by atoms with Crippen LogP contribution in [0.15, 0.2) is 36.7 Å². The number of hydrogen-bond donors (Lipinski definition) is 0. The van der Waals surface area contributed by atoms with Crippen LogP contribution in [0.1, 0.15) is 24.0 Å². The van der Waals surface area contributed by atoms with Crippen LogP contribution in [0.3, 0.4) is 0 Å². The van der Waals surface area contributed by atoms with E-state index in [4.69, 9.17) is 5.26 Å². The van der Waals surface area contributed by atoms with E-state index in [9.17, 15) is 13.2 Å². The molecule has 2 fully saturated rings. The minimum Gasteiger partial charge on any atom is -0.355 e. The predicted molar refractivity (Wildman–Crippen MR) is 94.3 cm³/mol. The molecule has 0 aliphatic carbocycles. The lowest BCUT2D eigenvalue weighted by molar-refractivity contribution is -0.137. The summed E-state index contributed by atoms with van der Waals surface area (Å²) in [6.07, 6.45) is 0.138. The second-order valence-electron chi connectivity index (χ2n) is 6.96. The molecule has 0 spiro atoms. The number of aromatic nitrogens is 2. The number of fused-ring (bicyclic) bond motifs is 1. The Bertz CT molecular complexity index is 842. The van der Waals surface area contributed by atoms with Gasteiger partial charge in [-0.2, -0.15) is 18.4 Å². The Morgan fingerprint density at radius 2 is 1.74 bits per heavy atom. The number of alkyl halides is 3. The number of nitriles is 1. The van der Waals surface area contributed by atoms with E-state index in [1.54, 1.807) is 12.3 Å². The van der Waals surface area contributed by atoms with Crippen molar-refractivity contribution >= 4 is 11.6 Å². The fourth-order valence-electron chi connectivity index (χ4n) is 4.00. The van der Waals surface area contributed by atoms with Gasteiger partial charge in [0.25, 0.3) is 0 Å². The molecule has 27 heavy (non-hydrogen) atoms. The van der Waals surface area contributed by atoms with Gasteiger partial charge in [0.2, 0.25) is 0 Å². The zero-order valence-electron chi connectivity index (χ0n) is 14.5. The van der Waals surface area contributed by atoms with E-state index in [0.29, 0.717) is 23.8 Å². The van der Waals surface area contributed by atoms with E-state index in [-0.39, 0.29) is 6.04 Å². The lowest BCUT2D eigenvalue weighted by Crippen LogP contribution is -2.48. The number of anilines is 2. The van der Waals surface area contributed by atoms with E-state index < -0.39 is 11.7 Å². The third-order valence-electron chi connectivity index (χ3n) is 5.43. The van der Waals surface area contributed by atoms with Crippen LogP contribution in [0.2, 0.25) is 0 Å². The Balaban J connectivity index is 1.51. The van der Waals surface area contributed by atoms with Crippen molar-refractivity contribution in [1.82, 2.24) is 9.97 Å². The molecule has 4 heterocycles. The molecule has 2 aliphatic heterocycles. The Labute approximate surface area is 155 Å². The first kappa shape index (κ1) is 17.6. The first-order valence-corrected chi connectivity index (χ1v) is 8.87. The van der Waals surface area contributed by atoms with Crippen molar-refractivity contribution < 1.29 is 13.2 Å². The van der Waals surface area contributed by atoms with Gasteiger partial charge in [-0.05, 0) is 43.0 Å². The molecule has 0 N–H and O–H groups in total. The van der Waals surface area contributed by atoms with Gasteiger partial charge in [-0.3, -0.25) is 0 Å². The smallest absolute Gasteiger partial charge is 0.355 e. The maximum absolute atomic E-state index is 12.7. The number of rotatable bonds is 2. The normalized spacial score (nSPS) is 22.4. The molecule has 2 unspecified atom stereocenters. The highest BCUT2D eigenvalue weighted by molar-refractivity contribution is 5.47. The van der Waals surface area contributed by atoms with Crippen LogP contribution < -0.4 is 9.80 Å². The fraction of sp³-hybridized carbons (Fsp3) is 0.421. The summed E-state index contributed by atoms with van der Waals surface area (Å²) in [6.45, 7) is 2.38. The van der Waals surface area contributed by atoms with Crippen LogP contribution in [0.4, 0.5) is 24.8 Å². The molecular weight excluding hydrogens is 355 g/mol. The van der Waals surface area contributed by atoms with Crippen molar-refractivity contribution in [2.45, 2.75) is 25.1 Å². The van der Waals surface area contributed by atoms with Gasteiger partial charge in [-0.25, -0.2) is 9.97 Å². The average Bonchev–Trinajstić information content (AvgIpc) is 3.10. The molecule has 0 saturated carbocycles. The van der Waals surface area contributed by atoms with Gasteiger partial charge in [0.1, 0.15) is 17.7 Å². The molecule has 0 radical (unpaired) electrons. The molecule has 2 atom stereocenters. The largest absolute Gasteiger partial charge is 0.417 e. The van der Waals surface area contributed by atoms with Gasteiger partial charge in [0.05, 0.1) is 17.2 Å². The summed E-state index contributed by atoms with van der Waals surface area (Å²) in [4.78, 5) is 12.7. The predicted octanol–water partition coefficient (Wildman–Crippen LogP) is 3.47. The third-order valence-corrected chi connectivity index (χ3v) is 5.43. The Morgan fingerprint density at radius 1 is 1.00 bits per heavy atom. The molecule has 4 rings (SSSR count). The highest BCUT2D eigenvalue weighted by Gasteiger charge is 2.39. The van der Waals surface area contributed by atoms with Crippen molar-refractivity contribution in [2.24, 2.45) is 5.92 Å². The van der Waals surface area contributed by atoms with Crippen LogP contribution in [0.25, 0.3) is 0 Å². The molecule has 2 aromatic heterocycles. The van der Waals surface area contributed by atoms with Gasteiger partial charge < -0.3 is 9.80 Å². The molecule has 0 amide bonds. The van der Waals surface area contributed by atoms with Gasteiger partial charge in [-0.1, -0.05) is 0 Å². The number of hydrogen-bond acceptors (Lipinski definition) is 5. The molecule has 0 aromatic carbocycles. The summed E-state index contributed by atoms with van der Waals surface area (Å²) in [6, 6.07) is 8.45.